The molecule has 0 radical (unpaired) electrons. The van der Waals surface area contributed by atoms with E-state index in [1.807, 2.05) is 37.3 Å². The largest absolute Gasteiger partial charge is 0.352 e. The average molecular weight is 310 g/mol. The molecule has 23 heavy (non-hydrogen) atoms. The molecule has 0 aliphatic carbocycles. The van der Waals surface area contributed by atoms with Gasteiger partial charge in [-0.25, -0.2) is 0 Å². The van der Waals surface area contributed by atoms with Gasteiger partial charge in [0, 0.05) is 24.2 Å². The minimum Gasteiger partial charge on any atom is -0.352 e. The molecule has 4 nitrogen and oxygen atoms in total. The number of carbonyl (C=O) groups excluding carboxylic acids is 2. The Labute approximate surface area is 136 Å². The number of hydrogen-bond acceptors (Lipinski definition) is 2. The zero-order valence-corrected chi connectivity index (χ0v) is 13.3. The Morgan fingerprint density at radius 3 is 2.52 bits per heavy atom. The van der Waals surface area contributed by atoms with Gasteiger partial charge >= 0.3 is 0 Å². The molecule has 2 amide bonds. The van der Waals surface area contributed by atoms with Crippen molar-refractivity contribution in [2.45, 2.75) is 26.2 Å². The van der Waals surface area contributed by atoms with Crippen LogP contribution in [0.15, 0.2) is 54.6 Å². The predicted octanol–water partition coefficient (Wildman–Crippen LogP) is 3.40. The standard InChI is InChI=1S/C19H22N2O2/c1-2-13-20-19(23)16-9-6-10-17(14-16)21-18(22)12-11-15-7-4-3-5-8-15/h3-10,14H,2,11-13H2,1H3,(H,20,23)(H,21,22). The third kappa shape index (κ3) is 5.58. The molecule has 0 atom stereocenters. The Morgan fingerprint density at radius 1 is 1.00 bits per heavy atom. The molecule has 0 heterocycles. The van der Waals surface area contributed by atoms with E-state index < -0.39 is 0 Å². The van der Waals surface area contributed by atoms with Crippen LogP contribution in [0.1, 0.15) is 35.7 Å². The molecule has 4 heteroatoms. The molecule has 0 unspecified atom stereocenters. The monoisotopic (exact) mass is 310 g/mol. The summed E-state index contributed by atoms with van der Waals surface area (Å²) in [5.74, 6) is -0.174. The van der Waals surface area contributed by atoms with Crippen molar-refractivity contribution in [1.82, 2.24) is 5.32 Å². The topological polar surface area (TPSA) is 58.2 Å². The second-order valence-corrected chi connectivity index (χ2v) is 5.37. The summed E-state index contributed by atoms with van der Waals surface area (Å²) in [5.41, 5.74) is 2.34. The van der Waals surface area contributed by atoms with Crippen LogP contribution in [0.2, 0.25) is 0 Å². The third-order valence-electron chi connectivity index (χ3n) is 3.43. The van der Waals surface area contributed by atoms with Crippen LogP contribution in [-0.2, 0) is 11.2 Å². The van der Waals surface area contributed by atoms with Gasteiger partial charge in [-0.15, -0.1) is 0 Å². The van der Waals surface area contributed by atoms with Gasteiger partial charge in [0.05, 0.1) is 0 Å². The van der Waals surface area contributed by atoms with Crippen LogP contribution in [0.4, 0.5) is 5.69 Å². The number of aryl methyl sites for hydroxylation is 1. The Hall–Kier alpha value is -2.62. The highest BCUT2D eigenvalue weighted by atomic mass is 16.2. The van der Waals surface area contributed by atoms with Crippen LogP contribution in [0.3, 0.4) is 0 Å². The third-order valence-corrected chi connectivity index (χ3v) is 3.43. The van der Waals surface area contributed by atoms with Crippen LogP contribution in [0.25, 0.3) is 0 Å². The fraction of sp³-hybridized carbons (Fsp3) is 0.263. The molecule has 2 rings (SSSR count). The first-order chi connectivity index (χ1) is 11.2. The second-order valence-electron chi connectivity index (χ2n) is 5.37. The predicted molar refractivity (Wildman–Crippen MR) is 92.5 cm³/mol. The zero-order valence-electron chi connectivity index (χ0n) is 13.3. The van der Waals surface area contributed by atoms with Gasteiger partial charge in [0.25, 0.3) is 5.91 Å². The van der Waals surface area contributed by atoms with Crippen molar-refractivity contribution in [3.05, 3.63) is 65.7 Å². The van der Waals surface area contributed by atoms with Crippen molar-refractivity contribution >= 4 is 17.5 Å². The van der Waals surface area contributed by atoms with Gasteiger partial charge in [0.15, 0.2) is 0 Å². The van der Waals surface area contributed by atoms with E-state index in [1.165, 1.54) is 0 Å². The summed E-state index contributed by atoms with van der Waals surface area (Å²) in [4.78, 5) is 24.0. The number of rotatable bonds is 7. The van der Waals surface area contributed by atoms with Crippen LogP contribution < -0.4 is 10.6 Å². The number of anilines is 1. The molecule has 2 aromatic carbocycles. The summed E-state index contributed by atoms with van der Waals surface area (Å²) < 4.78 is 0. The first-order valence-corrected chi connectivity index (χ1v) is 7.91. The van der Waals surface area contributed by atoms with Crippen molar-refractivity contribution in [1.29, 1.82) is 0 Å². The van der Waals surface area contributed by atoms with E-state index in [9.17, 15) is 9.59 Å². The van der Waals surface area contributed by atoms with Gasteiger partial charge < -0.3 is 10.6 Å². The minimum absolute atomic E-state index is 0.0556. The number of amides is 2. The van der Waals surface area contributed by atoms with Gasteiger partial charge in [0.2, 0.25) is 5.91 Å². The molecule has 0 saturated carbocycles. The minimum atomic E-state index is -0.118. The molecule has 0 spiro atoms. The molecule has 0 saturated heterocycles. The maximum atomic E-state index is 12.0. The lowest BCUT2D eigenvalue weighted by Crippen LogP contribution is -2.24. The molecule has 0 aliphatic heterocycles. The van der Waals surface area contributed by atoms with Crippen molar-refractivity contribution in [2.75, 3.05) is 11.9 Å². The first kappa shape index (κ1) is 16.7. The summed E-state index contributed by atoms with van der Waals surface area (Å²) in [6.07, 6.45) is 2.00. The SMILES string of the molecule is CCCNC(=O)c1cccc(NC(=O)CCc2ccccc2)c1. The van der Waals surface area contributed by atoms with Crippen LogP contribution in [0, 0.1) is 0 Å². The number of carbonyl (C=O) groups is 2. The smallest absolute Gasteiger partial charge is 0.251 e. The fourth-order valence-electron chi connectivity index (χ4n) is 2.20. The van der Waals surface area contributed by atoms with E-state index in [-0.39, 0.29) is 11.8 Å². The maximum absolute atomic E-state index is 12.0. The molecule has 2 N–H and O–H groups in total. The summed E-state index contributed by atoms with van der Waals surface area (Å²) in [5, 5.41) is 5.67. The quantitative estimate of drug-likeness (QED) is 0.823. The van der Waals surface area contributed by atoms with E-state index in [0.717, 1.165) is 12.0 Å². The Bertz CT molecular complexity index is 653. The summed E-state index contributed by atoms with van der Waals surface area (Å²) in [6, 6.07) is 16.9. The van der Waals surface area contributed by atoms with Gasteiger partial charge in [-0.2, -0.15) is 0 Å². The molecule has 0 bridgehead atoms. The van der Waals surface area contributed by atoms with Crippen molar-refractivity contribution in [2.24, 2.45) is 0 Å². The number of benzene rings is 2. The van der Waals surface area contributed by atoms with Gasteiger partial charge in [-0.1, -0.05) is 43.3 Å². The molecule has 0 fully saturated rings. The van der Waals surface area contributed by atoms with Crippen LogP contribution >= 0.6 is 0 Å². The first-order valence-electron chi connectivity index (χ1n) is 7.91. The van der Waals surface area contributed by atoms with Gasteiger partial charge in [-0.05, 0) is 36.6 Å². The van der Waals surface area contributed by atoms with Crippen molar-refractivity contribution in [3.63, 3.8) is 0 Å². The molecule has 120 valence electrons. The van der Waals surface area contributed by atoms with E-state index in [0.29, 0.717) is 30.6 Å². The van der Waals surface area contributed by atoms with Crippen LogP contribution in [0.5, 0.6) is 0 Å². The normalized spacial score (nSPS) is 10.1. The van der Waals surface area contributed by atoms with Gasteiger partial charge in [-0.3, -0.25) is 9.59 Å². The van der Waals surface area contributed by atoms with Gasteiger partial charge in [0.1, 0.15) is 0 Å². The Kier molecular flexibility index (Phi) is 6.36. The lowest BCUT2D eigenvalue weighted by Gasteiger charge is -2.08. The number of hydrogen-bond donors (Lipinski definition) is 2. The molecule has 0 aromatic heterocycles. The highest BCUT2D eigenvalue weighted by Crippen LogP contribution is 2.12. The lowest BCUT2D eigenvalue weighted by atomic mass is 10.1. The van der Waals surface area contributed by atoms with E-state index in [4.69, 9.17) is 0 Å². The summed E-state index contributed by atoms with van der Waals surface area (Å²) >= 11 is 0. The average Bonchev–Trinajstić information content (AvgIpc) is 2.59. The van der Waals surface area contributed by atoms with E-state index in [2.05, 4.69) is 10.6 Å². The van der Waals surface area contributed by atoms with E-state index >= 15 is 0 Å². The Balaban J connectivity index is 1.89. The lowest BCUT2D eigenvalue weighted by molar-refractivity contribution is -0.116. The summed E-state index contributed by atoms with van der Waals surface area (Å²) in [6.45, 7) is 2.65. The molecular formula is C19H22N2O2. The molecular weight excluding hydrogens is 288 g/mol. The highest BCUT2D eigenvalue weighted by Gasteiger charge is 2.07. The zero-order chi connectivity index (χ0) is 16.5. The summed E-state index contributed by atoms with van der Waals surface area (Å²) in [7, 11) is 0. The molecule has 0 aliphatic rings. The fourth-order valence-corrected chi connectivity index (χ4v) is 2.20. The number of nitrogens with one attached hydrogen (secondary N) is 2. The maximum Gasteiger partial charge on any atom is 0.251 e. The van der Waals surface area contributed by atoms with E-state index in [1.54, 1.807) is 24.3 Å². The van der Waals surface area contributed by atoms with Crippen LogP contribution in [-0.4, -0.2) is 18.4 Å². The Morgan fingerprint density at radius 2 is 1.78 bits per heavy atom. The van der Waals surface area contributed by atoms with Crippen molar-refractivity contribution in [3.8, 4) is 0 Å². The second kappa shape index (κ2) is 8.73. The highest BCUT2D eigenvalue weighted by molar-refractivity contribution is 5.97. The molecule has 2 aromatic rings. The van der Waals surface area contributed by atoms with Crippen molar-refractivity contribution < 1.29 is 9.59 Å².